The maximum atomic E-state index is 12.0. The van der Waals surface area contributed by atoms with Gasteiger partial charge in [0.1, 0.15) is 5.75 Å². The SMILES string of the molecule is COC(=O)CCNC(=O)c1ccc2cc(OC)ccc2c1. The molecule has 0 spiro atoms. The quantitative estimate of drug-likeness (QED) is 0.856. The number of rotatable bonds is 5. The number of carbonyl (C=O) groups excluding carboxylic acids is 2. The summed E-state index contributed by atoms with van der Waals surface area (Å²) in [6.45, 7) is 0.256. The number of nitrogens with one attached hydrogen (secondary N) is 1. The lowest BCUT2D eigenvalue weighted by atomic mass is 10.1. The fourth-order valence-corrected chi connectivity index (χ4v) is 1.97. The highest BCUT2D eigenvalue weighted by Crippen LogP contribution is 2.21. The van der Waals surface area contributed by atoms with Crippen LogP contribution in [0.25, 0.3) is 10.8 Å². The zero-order chi connectivity index (χ0) is 15.2. The van der Waals surface area contributed by atoms with Crippen LogP contribution in [0.5, 0.6) is 5.75 Å². The monoisotopic (exact) mass is 287 g/mol. The molecule has 0 heterocycles. The fraction of sp³-hybridized carbons (Fsp3) is 0.250. The van der Waals surface area contributed by atoms with Crippen LogP contribution in [-0.4, -0.2) is 32.6 Å². The molecule has 2 aromatic rings. The Morgan fingerprint density at radius 2 is 1.76 bits per heavy atom. The number of ether oxygens (including phenoxy) is 2. The number of benzene rings is 2. The predicted molar refractivity (Wildman–Crippen MR) is 79.5 cm³/mol. The molecule has 0 aliphatic rings. The van der Waals surface area contributed by atoms with Crippen molar-refractivity contribution in [3.05, 3.63) is 42.0 Å². The largest absolute Gasteiger partial charge is 0.497 e. The van der Waals surface area contributed by atoms with Gasteiger partial charge in [0.15, 0.2) is 0 Å². The van der Waals surface area contributed by atoms with Crippen LogP contribution in [0.3, 0.4) is 0 Å². The minimum absolute atomic E-state index is 0.160. The van der Waals surface area contributed by atoms with Crippen molar-refractivity contribution < 1.29 is 19.1 Å². The summed E-state index contributed by atoms with van der Waals surface area (Å²) in [5.41, 5.74) is 0.553. The van der Waals surface area contributed by atoms with Gasteiger partial charge < -0.3 is 14.8 Å². The molecule has 0 bridgehead atoms. The summed E-state index contributed by atoms with van der Waals surface area (Å²) >= 11 is 0. The number of amides is 1. The Labute approximate surface area is 122 Å². The Morgan fingerprint density at radius 1 is 1.05 bits per heavy atom. The molecule has 0 saturated heterocycles. The number of fused-ring (bicyclic) bond motifs is 1. The summed E-state index contributed by atoms with van der Waals surface area (Å²) in [6, 6.07) is 11.1. The van der Waals surface area contributed by atoms with Crippen LogP contribution >= 0.6 is 0 Å². The first kappa shape index (κ1) is 14.8. The second kappa shape index (κ2) is 6.74. The smallest absolute Gasteiger partial charge is 0.307 e. The van der Waals surface area contributed by atoms with Crippen LogP contribution in [-0.2, 0) is 9.53 Å². The van der Waals surface area contributed by atoms with Crippen LogP contribution in [0.2, 0.25) is 0 Å². The van der Waals surface area contributed by atoms with Crippen molar-refractivity contribution in [2.45, 2.75) is 6.42 Å². The normalized spacial score (nSPS) is 10.2. The van der Waals surface area contributed by atoms with Crippen LogP contribution in [0.15, 0.2) is 36.4 Å². The third-order valence-corrected chi connectivity index (χ3v) is 3.15. The van der Waals surface area contributed by atoms with Gasteiger partial charge in [0, 0.05) is 12.1 Å². The first-order valence-electron chi connectivity index (χ1n) is 6.57. The van der Waals surface area contributed by atoms with E-state index in [1.165, 1.54) is 7.11 Å². The molecule has 0 radical (unpaired) electrons. The lowest BCUT2D eigenvalue weighted by Gasteiger charge is -2.07. The van der Waals surface area contributed by atoms with E-state index in [4.69, 9.17) is 4.74 Å². The molecule has 1 N–H and O–H groups in total. The lowest BCUT2D eigenvalue weighted by Crippen LogP contribution is -2.26. The van der Waals surface area contributed by atoms with Gasteiger partial charge in [0.05, 0.1) is 20.6 Å². The van der Waals surface area contributed by atoms with Crippen LogP contribution in [0, 0.1) is 0 Å². The van der Waals surface area contributed by atoms with Crippen molar-refractivity contribution in [3.8, 4) is 5.75 Å². The standard InChI is InChI=1S/C16H17NO4/c1-20-14-6-5-11-9-13(4-3-12(11)10-14)16(19)17-8-7-15(18)21-2/h3-6,9-10H,7-8H2,1-2H3,(H,17,19). The zero-order valence-electron chi connectivity index (χ0n) is 12.0. The Bertz CT molecular complexity index is 666. The maximum absolute atomic E-state index is 12.0. The minimum atomic E-state index is -0.346. The van der Waals surface area contributed by atoms with E-state index >= 15 is 0 Å². The molecule has 110 valence electrons. The van der Waals surface area contributed by atoms with E-state index in [1.807, 2.05) is 30.3 Å². The molecule has 0 aromatic heterocycles. The molecular weight excluding hydrogens is 270 g/mol. The first-order chi connectivity index (χ1) is 10.1. The number of hydrogen-bond acceptors (Lipinski definition) is 4. The van der Waals surface area contributed by atoms with Gasteiger partial charge in [0.25, 0.3) is 5.91 Å². The van der Waals surface area contributed by atoms with Crippen molar-refractivity contribution in [1.29, 1.82) is 0 Å². The van der Waals surface area contributed by atoms with E-state index in [-0.39, 0.29) is 24.8 Å². The maximum Gasteiger partial charge on any atom is 0.307 e. The van der Waals surface area contributed by atoms with Crippen molar-refractivity contribution in [2.75, 3.05) is 20.8 Å². The van der Waals surface area contributed by atoms with Crippen molar-refractivity contribution >= 4 is 22.6 Å². The van der Waals surface area contributed by atoms with E-state index in [1.54, 1.807) is 13.2 Å². The van der Waals surface area contributed by atoms with E-state index in [2.05, 4.69) is 10.1 Å². The summed E-state index contributed by atoms with van der Waals surface area (Å²) in [6.07, 6.45) is 0.160. The van der Waals surface area contributed by atoms with Crippen LogP contribution in [0.1, 0.15) is 16.8 Å². The molecule has 5 nitrogen and oxygen atoms in total. The third kappa shape index (κ3) is 3.72. The van der Waals surface area contributed by atoms with E-state index < -0.39 is 0 Å². The summed E-state index contributed by atoms with van der Waals surface area (Å²) in [7, 11) is 2.94. The van der Waals surface area contributed by atoms with Gasteiger partial charge in [-0.3, -0.25) is 9.59 Å². The topological polar surface area (TPSA) is 64.6 Å². The van der Waals surface area contributed by atoms with Gasteiger partial charge >= 0.3 is 5.97 Å². The van der Waals surface area contributed by atoms with E-state index in [0.29, 0.717) is 5.56 Å². The average Bonchev–Trinajstić information content (AvgIpc) is 2.53. The molecule has 2 rings (SSSR count). The average molecular weight is 287 g/mol. The van der Waals surface area contributed by atoms with Gasteiger partial charge in [-0.25, -0.2) is 0 Å². The first-order valence-corrected chi connectivity index (χ1v) is 6.57. The molecule has 1 amide bonds. The molecule has 5 heteroatoms. The van der Waals surface area contributed by atoms with Gasteiger partial charge in [-0.05, 0) is 35.0 Å². The van der Waals surface area contributed by atoms with Crippen LogP contribution < -0.4 is 10.1 Å². The molecule has 0 aliphatic carbocycles. The highest BCUT2D eigenvalue weighted by Gasteiger charge is 2.08. The summed E-state index contributed by atoms with van der Waals surface area (Å²) in [5, 5.41) is 4.64. The zero-order valence-corrected chi connectivity index (χ0v) is 12.0. The molecule has 2 aromatic carbocycles. The lowest BCUT2D eigenvalue weighted by molar-refractivity contribution is -0.140. The fourth-order valence-electron chi connectivity index (χ4n) is 1.97. The van der Waals surface area contributed by atoms with Gasteiger partial charge in [-0.1, -0.05) is 12.1 Å². The Morgan fingerprint density at radius 3 is 2.48 bits per heavy atom. The Balaban J connectivity index is 2.08. The second-order valence-corrected chi connectivity index (χ2v) is 4.51. The number of hydrogen-bond donors (Lipinski definition) is 1. The van der Waals surface area contributed by atoms with Crippen molar-refractivity contribution in [3.63, 3.8) is 0 Å². The molecule has 21 heavy (non-hydrogen) atoms. The number of esters is 1. The van der Waals surface area contributed by atoms with Crippen LogP contribution in [0.4, 0.5) is 0 Å². The number of methoxy groups -OCH3 is 2. The van der Waals surface area contributed by atoms with E-state index in [9.17, 15) is 9.59 Å². The number of carbonyl (C=O) groups is 2. The third-order valence-electron chi connectivity index (χ3n) is 3.15. The predicted octanol–water partition coefficient (Wildman–Crippen LogP) is 2.14. The Hall–Kier alpha value is -2.56. The van der Waals surface area contributed by atoms with Crippen molar-refractivity contribution in [2.24, 2.45) is 0 Å². The highest BCUT2D eigenvalue weighted by molar-refractivity contribution is 5.98. The highest BCUT2D eigenvalue weighted by atomic mass is 16.5. The summed E-state index contributed by atoms with van der Waals surface area (Å²) in [5.74, 6) is 0.218. The van der Waals surface area contributed by atoms with E-state index in [0.717, 1.165) is 16.5 Å². The molecule has 0 fully saturated rings. The molecular formula is C16H17NO4. The molecule has 0 aliphatic heterocycles. The molecule has 0 unspecified atom stereocenters. The Kier molecular flexibility index (Phi) is 4.77. The van der Waals surface area contributed by atoms with Gasteiger partial charge in [-0.2, -0.15) is 0 Å². The second-order valence-electron chi connectivity index (χ2n) is 4.51. The van der Waals surface area contributed by atoms with Crippen molar-refractivity contribution in [1.82, 2.24) is 5.32 Å². The molecule has 0 saturated carbocycles. The van der Waals surface area contributed by atoms with Gasteiger partial charge in [0.2, 0.25) is 0 Å². The molecule has 0 atom stereocenters. The van der Waals surface area contributed by atoms with Gasteiger partial charge in [-0.15, -0.1) is 0 Å². The summed E-state index contributed by atoms with van der Waals surface area (Å²) < 4.78 is 9.68. The summed E-state index contributed by atoms with van der Waals surface area (Å²) in [4.78, 5) is 23.0. The minimum Gasteiger partial charge on any atom is -0.497 e.